The van der Waals surface area contributed by atoms with Crippen molar-refractivity contribution >= 4 is 43.6 Å². The van der Waals surface area contributed by atoms with E-state index in [2.05, 4.69) is 94.1 Å². The van der Waals surface area contributed by atoms with Gasteiger partial charge < -0.3 is 9.13 Å². The van der Waals surface area contributed by atoms with Gasteiger partial charge in [-0.1, -0.05) is 84.9 Å². The molecule has 0 unspecified atom stereocenters. The summed E-state index contributed by atoms with van der Waals surface area (Å²) in [5.41, 5.74) is 11.4. The molecule has 0 saturated carbocycles. The first-order valence-corrected chi connectivity index (χ1v) is 16.3. The van der Waals surface area contributed by atoms with Gasteiger partial charge in [0.2, 0.25) is 0 Å². The first-order valence-electron chi connectivity index (χ1n) is 16.3. The monoisotopic (exact) mass is 635 g/mol. The number of fused-ring (bicyclic) bond motifs is 6. The summed E-state index contributed by atoms with van der Waals surface area (Å²) in [6.07, 6.45) is 0. The molecule has 230 valence electrons. The Morgan fingerprint density at radius 1 is 0.420 bits per heavy atom. The van der Waals surface area contributed by atoms with Crippen molar-refractivity contribution in [3.8, 4) is 51.8 Å². The Labute approximate surface area is 287 Å². The number of hydrogen-bond donors (Lipinski definition) is 0. The summed E-state index contributed by atoms with van der Waals surface area (Å²) in [4.78, 5) is 0. The van der Waals surface area contributed by atoms with E-state index in [-0.39, 0.29) is 0 Å². The van der Waals surface area contributed by atoms with Crippen molar-refractivity contribution in [1.82, 2.24) is 9.13 Å². The zero-order valence-corrected chi connectivity index (χ0v) is 26.7. The number of hydrogen-bond acceptors (Lipinski definition) is 3. The van der Waals surface area contributed by atoms with Crippen molar-refractivity contribution in [2.24, 2.45) is 0 Å². The summed E-state index contributed by atoms with van der Waals surface area (Å²) in [6.45, 7) is 0. The molecule has 5 heteroatoms. The molecular formula is C45H25N5. The first kappa shape index (κ1) is 28.8. The van der Waals surface area contributed by atoms with E-state index >= 15 is 0 Å². The van der Waals surface area contributed by atoms with Crippen molar-refractivity contribution in [3.63, 3.8) is 0 Å². The topological polar surface area (TPSA) is 81.2 Å². The van der Waals surface area contributed by atoms with Gasteiger partial charge in [-0.25, -0.2) is 0 Å². The highest BCUT2D eigenvalue weighted by atomic mass is 15.0. The zero-order valence-electron chi connectivity index (χ0n) is 26.7. The Morgan fingerprint density at radius 3 is 1.88 bits per heavy atom. The smallest absolute Gasteiger partial charge is 0.0998 e. The van der Waals surface area contributed by atoms with Crippen LogP contribution in [-0.2, 0) is 0 Å². The van der Waals surface area contributed by atoms with Gasteiger partial charge in [-0.3, -0.25) is 0 Å². The molecule has 9 rings (SSSR count). The molecule has 0 atom stereocenters. The second kappa shape index (κ2) is 11.4. The Morgan fingerprint density at radius 2 is 1.06 bits per heavy atom. The van der Waals surface area contributed by atoms with E-state index < -0.39 is 0 Å². The summed E-state index contributed by atoms with van der Waals surface area (Å²) >= 11 is 0. The largest absolute Gasteiger partial charge is 0.309 e. The lowest BCUT2D eigenvalue weighted by atomic mass is 9.90. The van der Waals surface area contributed by atoms with Crippen LogP contribution in [-0.4, -0.2) is 9.13 Å². The lowest BCUT2D eigenvalue weighted by Crippen LogP contribution is -1.99. The van der Waals surface area contributed by atoms with Crippen molar-refractivity contribution in [1.29, 1.82) is 15.8 Å². The average molecular weight is 636 g/mol. The average Bonchev–Trinajstić information content (AvgIpc) is 3.70. The van der Waals surface area contributed by atoms with Crippen molar-refractivity contribution in [2.45, 2.75) is 0 Å². The second-order valence-electron chi connectivity index (χ2n) is 12.3. The number of aromatic nitrogens is 2. The fourth-order valence-electron chi connectivity index (χ4n) is 7.57. The molecule has 7 aromatic carbocycles. The Bertz CT molecular complexity index is 2970. The van der Waals surface area contributed by atoms with E-state index in [0.29, 0.717) is 16.7 Å². The first-order chi connectivity index (χ1) is 24.7. The number of benzene rings is 7. The predicted octanol–water partition coefficient (Wildman–Crippen LogP) is 10.8. The fraction of sp³-hybridized carbons (Fsp3) is 0. The molecule has 0 amide bonds. The molecule has 0 bridgehead atoms. The van der Waals surface area contributed by atoms with Crippen LogP contribution in [0.2, 0.25) is 0 Å². The molecule has 0 aliphatic rings. The maximum atomic E-state index is 10.5. The molecule has 0 aliphatic heterocycles. The molecule has 0 aliphatic carbocycles. The summed E-state index contributed by atoms with van der Waals surface area (Å²) in [5.74, 6) is 0. The second-order valence-corrected chi connectivity index (χ2v) is 12.3. The third-order valence-electron chi connectivity index (χ3n) is 9.63. The van der Waals surface area contributed by atoms with E-state index in [1.54, 1.807) is 0 Å². The van der Waals surface area contributed by atoms with Crippen LogP contribution in [0.3, 0.4) is 0 Å². The van der Waals surface area contributed by atoms with Gasteiger partial charge in [-0.05, 0) is 77.9 Å². The summed E-state index contributed by atoms with van der Waals surface area (Å²) in [7, 11) is 0. The van der Waals surface area contributed by atoms with Crippen LogP contribution in [0.5, 0.6) is 0 Å². The highest BCUT2D eigenvalue weighted by Gasteiger charge is 2.21. The quantitative estimate of drug-likeness (QED) is 0.193. The van der Waals surface area contributed by atoms with Crippen LogP contribution in [0.15, 0.2) is 152 Å². The highest BCUT2D eigenvalue weighted by Crippen LogP contribution is 2.42. The van der Waals surface area contributed by atoms with E-state index in [9.17, 15) is 15.8 Å². The summed E-state index contributed by atoms with van der Waals surface area (Å²) in [6, 6.07) is 57.8. The van der Waals surface area contributed by atoms with E-state index in [4.69, 9.17) is 0 Å². The van der Waals surface area contributed by atoms with E-state index in [0.717, 1.165) is 77.2 Å². The molecule has 2 aromatic heterocycles. The minimum Gasteiger partial charge on any atom is -0.309 e. The van der Waals surface area contributed by atoms with Crippen LogP contribution < -0.4 is 0 Å². The van der Waals surface area contributed by atoms with Crippen LogP contribution >= 0.6 is 0 Å². The highest BCUT2D eigenvalue weighted by molar-refractivity contribution is 6.13. The van der Waals surface area contributed by atoms with E-state index in [1.807, 2.05) is 84.9 Å². The lowest BCUT2D eigenvalue weighted by Gasteiger charge is -2.18. The molecule has 5 nitrogen and oxygen atoms in total. The van der Waals surface area contributed by atoms with Crippen LogP contribution in [0.4, 0.5) is 0 Å². The van der Waals surface area contributed by atoms with Gasteiger partial charge in [0, 0.05) is 38.4 Å². The molecule has 0 N–H and O–H groups in total. The van der Waals surface area contributed by atoms with Gasteiger partial charge in [0.25, 0.3) is 0 Å². The van der Waals surface area contributed by atoms with Crippen molar-refractivity contribution in [2.75, 3.05) is 0 Å². The standard InChI is InChI=1S/C45H25N5/c46-26-29-22-23-42-38(24-29)35-15-2-4-18-39(35)49(42)33-13-7-10-30(25-33)44-31(27-47)11-8-17-36(44)34-14-1-5-19-40(34)50-41-20-6-3-16-37(41)45-32(28-48)12-9-21-43(45)50/h1-25H. The number of rotatable bonds is 4. The van der Waals surface area contributed by atoms with Gasteiger partial charge in [0.05, 0.1) is 62.7 Å². The van der Waals surface area contributed by atoms with Gasteiger partial charge in [-0.2, -0.15) is 15.8 Å². The Hall–Kier alpha value is -7.39. The number of para-hydroxylation sites is 3. The fourth-order valence-corrected chi connectivity index (χ4v) is 7.57. The van der Waals surface area contributed by atoms with Crippen molar-refractivity contribution < 1.29 is 0 Å². The molecule has 0 spiro atoms. The maximum absolute atomic E-state index is 10.5. The minimum atomic E-state index is 0.573. The van der Waals surface area contributed by atoms with Gasteiger partial charge >= 0.3 is 0 Å². The number of nitriles is 3. The van der Waals surface area contributed by atoms with E-state index in [1.165, 1.54) is 0 Å². The molecule has 0 radical (unpaired) electrons. The summed E-state index contributed by atoms with van der Waals surface area (Å²) < 4.78 is 4.45. The zero-order chi connectivity index (χ0) is 33.8. The van der Waals surface area contributed by atoms with Gasteiger partial charge in [0.15, 0.2) is 0 Å². The molecule has 0 saturated heterocycles. The predicted molar refractivity (Wildman–Crippen MR) is 200 cm³/mol. The third kappa shape index (κ3) is 4.24. The van der Waals surface area contributed by atoms with Gasteiger partial charge in [0.1, 0.15) is 0 Å². The van der Waals surface area contributed by atoms with Crippen LogP contribution in [0.1, 0.15) is 16.7 Å². The summed E-state index contributed by atoms with van der Waals surface area (Å²) in [5, 5.41) is 34.2. The Kier molecular flexibility index (Phi) is 6.56. The molecule has 50 heavy (non-hydrogen) atoms. The van der Waals surface area contributed by atoms with Crippen molar-refractivity contribution in [3.05, 3.63) is 168 Å². The van der Waals surface area contributed by atoms with Crippen LogP contribution in [0.25, 0.3) is 77.2 Å². The molecule has 2 heterocycles. The van der Waals surface area contributed by atoms with Crippen LogP contribution in [0, 0.1) is 34.0 Å². The minimum absolute atomic E-state index is 0.573. The third-order valence-corrected chi connectivity index (χ3v) is 9.63. The maximum Gasteiger partial charge on any atom is 0.0998 e. The molecular weight excluding hydrogens is 611 g/mol. The SMILES string of the molecule is N#Cc1ccc2c(c1)c1ccccc1n2-c1cccc(-c2c(C#N)cccc2-c2ccccc2-n2c3ccccc3c3c(C#N)cccc32)c1. The Balaban J connectivity index is 1.30. The lowest BCUT2D eigenvalue weighted by molar-refractivity contribution is 1.18. The van der Waals surface area contributed by atoms with Gasteiger partial charge in [-0.15, -0.1) is 0 Å². The molecule has 0 fully saturated rings. The molecule has 9 aromatic rings. The number of nitrogens with zero attached hydrogens (tertiary/aromatic N) is 5. The normalized spacial score (nSPS) is 11.1.